The van der Waals surface area contributed by atoms with Gasteiger partial charge in [-0.15, -0.1) is 0 Å². The third kappa shape index (κ3) is 7.39. The van der Waals surface area contributed by atoms with Crippen molar-refractivity contribution in [2.75, 3.05) is 13.2 Å². The van der Waals surface area contributed by atoms with Gasteiger partial charge < -0.3 is 94.1 Å². The zero-order valence-corrected chi connectivity index (χ0v) is 27.7. The second-order valence-electron chi connectivity index (χ2n) is 12.9. The molecule has 0 saturated carbocycles. The number of hydrogen-bond acceptors (Lipinski definition) is 20. The molecule has 3 aliphatic rings. The van der Waals surface area contributed by atoms with Crippen molar-refractivity contribution < 1.29 is 94.1 Å². The molecule has 1 aromatic heterocycles. The first kappa shape index (κ1) is 39.0. The normalized spacial score (nSPS) is 37.8. The van der Waals surface area contributed by atoms with Crippen LogP contribution in [0.15, 0.2) is 45.6 Å². The molecule has 292 valence electrons. The fraction of sp³-hybridized carbons (Fsp3) is 0.545. The van der Waals surface area contributed by atoms with E-state index in [1.807, 2.05) is 0 Å². The van der Waals surface area contributed by atoms with Crippen molar-refractivity contribution in [1.82, 2.24) is 0 Å². The van der Waals surface area contributed by atoms with E-state index in [4.69, 9.17) is 32.8 Å². The van der Waals surface area contributed by atoms with Gasteiger partial charge in [0.1, 0.15) is 89.3 Å². The van der Waals surface area contributed by atoms with Gasteiger partial charge in [0.25, 0.3) is 0 Å². The van der Waals surface area contributed by atoms with Crippen LogP contribution in [0.5, 0.6) is 23.0 Å². The van der Waals surface area contributed by atoms with Gasteiger partial charge in [-0.3, -0.25) is 4.79 Å². The molecule has 4 heterocycles. The smallest absolute Gasteiger partial charge is 0.239 e. The van der Waals surface area contributed by atoms with E-state index in [9.17, 15) is 66.1 Å². The molecule has 3 fully saturated rings. The standard InChI is InChI=1S/C33H40O20/c1-10-19(38)23(42)26(45)31(47-10)48-13-6-14(37)18-15(7-13)49-28(11-2-4-12(36)5-3-11)29(22(18)41)52-33-30(25(44)21(40)17(9-35)51-33)53-32-27(46)24(43)20(39)16(8-34)50-32/h2-7,10,16-17,19-21,23-27,30-40,42-46H,8-9H2,1H3/t10-,16-,17-,19+,20-,21-,23+,24+,25+,26-,27-,30-,31+,32+,33+/m1/s1. The van der Waals surface area contributed by atoms with E-state index in [1.54, 1.807) is 0 Å². The SMILES string of the molecule is C[C@H]1O[C@@H](Oc2cc(O)c3c(=O)c(O[C@@H]4O[C@H](CO)[C@@H](O)[C@H](O)[C@H]4O[C@@H]4O[C@H](CO)[C@@H](O)[C@H](O)[C@H]4O)c(-c4ccc(O)cc4)oc3c2)[C@H](O)[C@@H](O)[C@H]1O. The summed E-state index contributed by atoms with van der Waals surface area (Å²) in [5.74, 6) is -2.19. The van der Waals surface area contributed by atoms with E-state index in [2.05, 4.69) is 0 Å². The molecule has 0 unspecified atom stereocenters. The second-order valence-corrected chi connectivity index (χ2v) is 12.9. The molecule has 20 nitrogen and oxygen atoms in total. The van der Waals surface area contributed by atoms with Crippen molar-refractivity contribution in [3.63, 3.8) is 0 Å². The van der Waals surface area contributed by atoms with E-state index in [0.29, 0.717) is 0 Å². The molecular weight excluding hydrogens is 716 g/mol. The van der Waals surface area contributed by atoms with Gasteiger partial charge in [0, 0.05) is 17.7 Å². The average Bonchev–Trinajstić information content (AvgIpc) is 3.13. The Morgan fingerprint density at radius 2 is 1.25 bits per heavy atom. The number of phenols is 2. The zero-order chi connectivity index (χ0) is 38.5. The Kier molecular flexibility index (Phi) is 11.5. The first-order chi connectivity index (χ1) is 25.1. The molecule has 2 aromatic carbocycles. The Morgan fingerprint density at radius 1 is 0.660 bits per heavy atom. The summed E-state index contributed by atoms with van der Waals surface area (Å²) < 4.78 is 39.8. The van der Waals surface area contributed by atoms with Crippen molar-refractivity contribution in [1.29, 1.82) is 0 Å². The minimum absolute atomic E-state index is 0.0982. The van der Waals surface area contributed by atoms with E-state index in [0.717, 1.165) is 12.1 Å². The summed E-state index contributed by atoms with van der Waals surface area (Å²) in [5.41, 5.74) is -1.28. The lowest BCUT2D eigenvalue weighted by Gasteiger charge is -2.45. The Bertz CT molecular complexity index is 1780. The quantitative estimate of drug-likeness (QED) is 0.0992. The third-order valence-corrected chi connectivity index (χ3v) is 9.29. The Balaban J connectivity index is 1.41. The lowest BCUT2D eigenvalue weighted by molar-refractivity contribution is -0.358. The molecular formula is C33H40O20. The van der Waals surface area contributed by atoms with Gasteiger partial charge in [-0.1, -0.05) is 0 Å². The first-order valence-corrected chi connectivity index (χ1v) is 16.4. The van der Waals surface area contributed by atoms with Crippen molar-refractivity contribution in [3.05, 3.63) is 46.6 Å². The number of rotatable bonds is 9. The van der Waals surface area contributed by atoms with Crippen LogP contribution in [0.2, 0.25) is 0 Å². The molecule has 3 aromatic rings. The molecule has 3 aliphatic heterocycles. The van der Waals surface area contributed by atoms with Gasteiger partial charge in [0.05, 0.1) is 19.3 Å². The highest BCUT2D eigenvalue weighted by atomic mass is 16.8. The first-order valence-electron chi connectivity index (χ1n) is 16.4. The van der Waals surface area contributed by atoms with Gasteiger partial charge in [-0.2, -0.15) is 0 Å². The topological polar surface area (TPSA) is 328 Å². The summed E-state index contributed by atoms with van der Waals surface area (Å²) in [6.45, 7) is -0.275. The summed E-state index contributed by atoms with van der Waals surface area (Å²) in [6, 6.07) is 7.25. The van der Waals surface area contributed by atoms with Crippen molar-refractivity contribution in [3.8, 4) is 34.3 Å². The minimum atomic E-state index is -1.99. The molecule has 20 heteroatoms. The van der Waals surface area contributed by atoms with Gasteiger partial charge >= 0.3 is 0 Å². The van der Waals surface area contributed by atoms with Crippen LogP contribution in [0.25, 0.3) is 22.3 Å². The largest absolute Gasteiger partial charge is 0.508 e. The zero-order valence-electron chi connectivity index (χ0n) is 27.7. The lowest BCUT2D eigenvalue weighted by atomic mass is 9.97. The van der Waals surface area contributed by atoms with Crippen LogP contribution >= 0.6 is 0 Å². The molecule has 53 heavy (non-hydrogen) atoms. The van der Waals surface area contributed by atoms with Gasteiger partial charge in [0.15, 0.2) is 18.2 Å². The van der Waals surface area contributed by atoms with E-state index in [-0.39, 0.29) is 28.4 Å². The number of benzene rings is 2. The van der Waals surface area contributed by atoms with Crippen LogP contribution in [-0.2, 0) is 18.9 Å². The molecule has 12 N–H and O–H groups in total. The number of hydrogen-bond donors (Lipinski definition) is 12. The predicted molar refractivity (Wildman–Crippen MR) is 171 cm³/mol. The predicted octanol–water partition coefficient (Wildman–Crippen LogP) is -3.92. The number of phenolic OH excluding ortho intramolecular Hbond substituents is 2. The molecule has 0 radical (unpaired) electrons. The van der Waals surface area contributed by atoms with Crippen LogP contribution in [0.4, 0.5) is 0 Å². The molecule has 0 amide bonds. The number of fused-ring (bicyclic) bond motifs is 1. The average molecular weight is 757 g/mol. The minimum Gasteiger partial charge on any atom is -0.508 e. The lowest BCUT2D eigenvalue weighted by Crippen LogP contribution is -2.65. The van der Waals surface area contributed by atoms with Crippen LogP contribution in [0, 0.1) is 0 Å². The summed E-state index contributed by atoms with van der Waals surface area (Å²) in [4.78, 5) is 14.2. The molecule has 0 aliphatic carbocycles. The van der Waals surface area contributed by atoms with Crippen LogP contribution < -0.4 is 14.9 Å². The maximum absolute atomic E-state index is 14.2. The van der Waals surface area contributed by atoms with E-state index in [1.165, 1.54) is 31.2 Å². The van der Waals surface area contributed by atoms with Crippen molar-refractivity contribution in [2.45, 2.75) is 99.0 Å². The molecule has 3 saturated heterocycles. The van der Waals surface area contributed by atoms with Gasteiger partial charge in [-0.25, -0.2) is 0 Å². The Morgan fingerprint density at radius 3 is 1.89 bits per heavy atom. The highest BCUT2D eigenvalue weighted by Gasteiger charge is 2.52. The Labute approximate surface area is 298 Å². The summed E-state index contributed by atoms with van der Waals surface area (Å²) in [7, 11) is 0. The number of aromatic hydroxyl groups is 2. The highest BCUT2D eigenvalue weighted by molar-refractivity contribution is 5.88. The molecule has 0 spiro atoms. The fourth-order valence-electron chi connectivity index (χ4n) is 6.23. The summed E-state index contributed by atoms with van der Waals surface area (Å²) >= 11 is 0. The Hall–Kier alpha value is -3.71. The second kappa shape index (κ2) is 15.6. The van der Waals surface area contributed by atoms with Crippen LogP contribution in [0.3, 0.4) is 0 Å². The molecule has 0 bridgehead atoms. The fourth-order valence-corrected chi connectivity index (χ4v) is 6.23. The number of aliphatic hydroxyl groups excluding tert-OH is 10. The maximum Gasteiger partial charge on any atom is 0.239 e. The third-order valence-electron chi connectivity index (χ3n) is 9.29. The van der Waals surface area contributed by atoms with Gasteiger partial charge in [-0.05, 0) is 31.2 Å². The molecule has 15 atom stereocenters. The van der Waals surface area contributed by atoms with Gasteiger partial charge in [0.2, 0.25) is 23.8 Å². The van der Waals surface area contributed by atoms with E-state index >= 15 is 0 Å². The molecule has 6 rings (SSSR count). The maximum atomic E-state index is 14.2. The van der Waals surface area contributed by atoms with E-state index < -0.39 is 128 Å². The van der Waals surface area contributed by atoms with Crippen LogP contribution in [0.1, 0.15) is 6.92 Å². The van der Waals surface area contributed by atoms with Crippen molar-refractivity contribution >= 4 is 11.0 Å². The van der Waals surface area contributed by atoms with Crippen LogP contribution in [-0.4, -0.2) is 167 Å². The summed E-state index contributed by atoms with van der Waals surface area (Å²) in [5, 5.41) is 123. The highest BCUT2D eigenvalue weighted by Crippen LogP contribution is 2.39. The van der Waals surface area contributed by atoms with Crippen molar-refractivity contribution in [2.24, 2.45) is 0 Å². The monoisotopic (exact) mass is 756 g/mol. The number of ether oxygens (including phenoxy) is 6. The summed E-state index contributed by atoms with van der Waals surface area (Å²) in [6.07, 6.45) is -25.5. The number of aliphatic hydroxyl groups is 10.